The maximum atomic E-state index is 8.81. The van der Waals surface area contributed by atoms with Crippen molar-refractivity contribution in [3.05, 3.63) is 30.1 Å². The fourth-order valence-electron chi connectivity index (χ4n) is 1.23. The van der Waals surface area contributed by atoms with Crippen molar-refractivity contribution in [1.82, 2.24) is 4.98 Å². The molecule has 1 N–H and O–H groups in total. The Morgan fingerprint density at radius 2 is 2.54 bits per heavy atom. The molecule has 13 heavy (non-hydrogen) atoms. The first-order valence-electron chi connectivity index (χ1n) is 4.18. The van der Waals surface area contributed by atoms with Crippen LogP contribution in [0.25, 0.3) is 0 Å². The number of aromatic nitrogens is 1. The minimum atomic E-state index is -0.370. The Morgan fingerprint density at radius 3 is 3.15 bits per heavy atom. The van der Waals surface area contributed by atoms with Crippen LogP contribution in [0.5, 0.6) is 0 Å². The molecule has 2 unspecified atom stereocenters. The third-order valence-corrected chi connectivity index (χ3v) is 1.91. The molecular weight excluding hydrogens is 170 g/mol. The highest BCUT2D eigenvalue weighted by atomic mass is 16.7. The van der Waals surface area contributed by atoms with Crippen molar-refractivity contribution in [1.29, 1.82) is 0 Å². The number of hydrogen-bond acceptors (Lipinski definition) is 4. The van der Waals surface area contributed by atoms with E-state index in [1.807, 2.05) is 12.1 Å². The second kappa shape index (κ2) is 3.83. The predicted molar refractivity (Wildman–Crippen MR) is 44.9 cm³/mol. The molecule has 0 amide bonds. The summed E-state index contributed by atoms with van der Waals surface area (Å²) in [5.74, 6) is 0. The van der Waals surface area contributed by atoms with Crippen molar-refractivity contribution >= 4 is 0 Å². The maximum Gasteiger partial charge on any atom is 0.185 e. The largest absolute Gasteiger partial charge is 0.394 e. The highest BCUT2D eigenvalue weighted by Gasteiger charge is 2.26. The summed E-state index contributed by atoms with van der Waals surface area (Å²) in [6.45, 7) is 0.437. The molecule has 1 aliphatic rings. The molecule has 1 aromatic rings. The van der Waals surface area contributed by atoms with Gasteiger partial charge in [0.05, 0.1) is 13.2 Å². The van der Waals surface area contributed by atoms with E-state index in [1.54, 1.807) is 12.4 Å². The van der Waals surface area contributed by atoms with Crippen molar-refractivity contribution in [2.45, 2.75) is 12.4 Å². The summed E-state index contributed by atoms with van der Waals surface area (Å²) in [4.78, 5) is 3.96. The van der Waals surface area contributed by atoms with E-state index in [4.69, 9.17) is 14.6 Å². The lowest BCUT2D eigenvalue weighted by molar-refractivity contribution is -0.0677. The molecule has 4 nitrogen and oxygen atoms in total. The van der Waals surface area contributed by atoms with Gasteiger partial charge in [0, 0.05) is 18.0 Å². The van der Waals surface area contributed by atoms with Crippen LogP contribution < -0.4 is 0 Å². The lowest BCUT2D eigenvalue weighted by Gasteiger charge is -2.09. The quantitative estimate of drug-likeness (QED) is 0.721. The predicted octanol–water partition coefficient (Wildman–Crippen LogP) is 0.488. The number of rotatable bonds is 2. The first kappa shape index (κ1) is 8.62. The van der Waals surface area contributed by atoms with Crippen molar-refractivity contribution in [3.63, 3.8) is 0 Å². The Bertz CT molecular complexity index is 265. The summed E-state index contributed by atoms with van der Waals surface area (Å²) < 4.78 is 10.7. The zero-order chi connectivity index (χ0) is 9.10. The standard InChI is InChI=1S/C9H11NO3/c11-5-8-6-12-9(13-8)7-2-1-3-10-4-7/h1-4,8-9,11H,5-6H2. The fourth-order valence-corrected chi connectivity index (χ4v) is 1.23. The Hall–Kier alpha value is -0.970. The number of aliphatic hydroxyl groups is 1. The van der Waals surface area contributed by atoms with E-state index in [-0.39, 0.29) is 19.0 Å². The Kier molecular flexibility index (Phi) is 2.54. The van der Waals surface area contributed by atoms with Crippen LogP contribution in [-0.2, 0) is 9.47 Å². The van der Waals surface area contributed by atoms with Gasteiger partial charge in [0.1, 0.15) is 6.10 Å². The SMILES string of the molecule is OCC1COC(c2cccnc2)O1. The number of pyridine rings is 1. The van der Waals surface area contributed by atoms with Crippen LogP contribution in [0.2, 0.25) is 0 Å². The molecule has 0 spiro atoms. The van der Waals surface area contributed by atoms with E-state index in [2.05, 4.69) is 4.98 Å². The number of aliphatic hydroxyl groups excluding tert-OH is 1. The third-order valence-electron chi connectivity index (χ3n) is 1.91. The van der Waals surface area contributed by atoms with Crippen molar-refractivity contribution in [2.24, 2.45) is 0 Å². The van der Waals surface area contributed by atoms with Gasteiger partial charge in [0.15, 0.2) is 6.29 Å². The number of ether oxygens (including phenoxy) is 2. The normalized spacial score (nSPS) is 27.8. The highest BCUT2D eigenvalue weighted by molar-refractivity contribution is 5.10. The van der Waals surface area contributed by atoms with E-state index in [9.17, 15) is 0 Å². The topological polar surface area (TPSA) is 51.6 Å². The molecule has 1 aromatic heterocycles. The van der Waals surface area contributed by atoms with Crippen LogP contribution in [0.3, 0.4) is 0 Å². The van der Waals surface area contributed by atoms with Gasteiger partial charge in [0.2, 0.25) is 0 Å². The van der Waals surface area contributed by atoms with Crippen LogP contribution in [0, 0.1) is 0 Å². The minimum absolute atomic E-state index is 0.00321. The molecule has 1 fully saturated rings. The third kappa shape index (κ3) is 1.85. The van der Waals surface area contributed by atoms with Gasteiger partial charge in [-0.3, -0.25) is 4.98 Å². The number of nitrogens with zero attached hydrogens (tertiary/aromatic N) is 1. The molecule has 0 saturated carbocycles. The summed E-state index contributed by atoms with van der Waals surface area (Å²) >= 11 is 0. The van der Waals surface area contributed by atoms with Gasteiger partial charge in [-0.1, -0.05) is 6.07 Å². The van der Waals surface area contributed by atoms with E-state index >= 15 is 0 Å². The monoisotopic (exact) mass is 181 g/mol. The van der Waals surface area contributed by atoms with Crippen molar-refractivity contribution in [3.8, 4) is 0 Å². The van der Waals surface area contributed by atoms with Crippen molar-refractivity contribution < 1.29 is 14.6 Å². The van der Waals surface area contributed by atoms with E-state index < -0.39 is 0 Å². The lowest BCUT2D eigenvalue weighted by Crippen LogP contribution is -2.14. The molecule has 0 bridgehead atoms. The molecule has 70 valence electrons. The molecule has 1 saturated heterocycles. The van der Waals surface area contributed by atoms with Gasteiger partial charge in [0.25, 0.3) is 0 Å². The molecule has 0 radical (unpaired) electrons. The van der Waals surface area contributed by atoms with Crippen LogP contribution in [0.15, 0.2) is 24.5 Å². The Labute approximate surface area is 76.1 Å². The van der Waals surface area contributed by atoms with E-state index in [0.29, 0.717) is 6.61 Å². The molecular formula is C9H11NO3. The van der Waals surface area contributed by atoms with Gasteiger partial charge < -0.3 is 14.6 Å². The zero-order valence-electron chi connectivity index (χ0n) is 7.09. The molecule has 0 aliphatic carbocycles. The Morgan fingerprint density at radius 1 is 1.62 bits per heavy atom. The van der Waals surface area contributed by atoms with Crippen LogP contribution in [-0.4, -0.2) is 29.4 Å². The fraction of sp³-hybridized carbons (Fsp3) is 0.444. The highest BCUT2D eigenvalue weighted by Crippen LogP contribution is 2.25. The molecule has 2 rings (SSSR count). The smallest absolute Gasteiger partial charge is 0.185 e. The molecule has 2 atom stereocenters. The van der Waals surface area contributed by atoms with Gasteiger partial charge in [-0.25, -0.2) is 0 Å². The maximum absolute atomic E-state index is 8.81. The average molecular weight is 181 g/mol. The zero-order valence-corrected chi connectivity index (χ0v) is 7.09. The molecule has 0 aromatic carbocycles. The van der Waals surface area contributed by atoms with E-state index in [1.165, 1.54) is 0 Å². The molecule has 2 heterocycles. The first-order chi connectivity index (χ1) is 6.40. The van der Waals surface area contributed by atoms with Gasteiger partial charge >= 0.3 is 0 Å². The summed E-state index contributed by atoms with van der Waals surface area (Å²) in [5.41, 5.74) is 0.887. The molecule has 1 aliphatic heterocycles. The van der Waals surface area contributed by atoms with Gasteiger partial charge in [-0.15, -0.1) is 0 Å². The van der Waals surface area contributed by atoms with Crippen LogP contribution in [0.1, 0.15) is 11.9 Å². The summed E-state index contributed by atoms with van der Waals surface area (Å²) in [6, 6.07) is 3.71. The second-order valence-corrected chi connectivity index (χ2v) is 2.89. The van der Waals surface area contributed by atoms with Gasteiger partial charge in [-0.2, -0.15) is 0 Å². The van der Waals surface area contributed by atoms with Crippen molar-refractivity contribution in [2.75, 3.05) is 13.2 Å². The molecule has 4 heteroatoms. The summed E-state index contributed by atoms with van der Waals surface area (Å²) in [6.07, 6.45) is 2.82. The Balaban J connectivity index is 2.04. The van der Waals surface area contributed by atoms with Gasteiger partial charge in [-0.05, 0) is 6.07 Å². The first-order valence-corrected chi connectivity index (χ1v) is 4.18. The minimum Gasteiger partial charge on any atom is -0.394 e. The lowest BCUT2D eigenvalue weighted by atomic mass is 10.3. The van der Waals surface area contributed by atoms with E-state index in [0.717, 1.165) is 5.56 Å². The summed E-state index contributed by atoms with van der Waals surface area (Å²) in [7, 11) is 0. The summed E-state index contributed by atoms with van der Waals surface area (Å²) in [5, 5.41) is 8.81. The average Bonchev–Trinajstić information content (AvgIpc) is 2.67. The second-order valence-electron chi connectivity index (χ2n) is 2.89. The van der Waals surface area contributed by atoms with Crippen LogP contribution in [0.4, 0.5) is 0 Å². The number of hydrogen-bond donors (Lipinski definition) is 1. The van der Waals surface area contributed by atoms with Crippen LogP contribution >= 0.6 is 0 Å².